The molecule has 0 N–H and O–H groups in total. The van der Waals surface area contributed by atoms with Crippen molar-refractivity contribution in [2.45, 2.75) is 6.55 Å². The number of para-hydroxylation sites is 2. The summed E-state index contributed by atoms with van der Waals surface area (Å²) in [6.45, 7) is 2.43. The Hall–Kier alpha value is -2.62. The molecule has 136 valence electrons. The van der Waals surface area contributed by atoms with Gasteiger partial charge in [0.25, 0.3) is 0 Å². The first-order valence-electron chi connectivity index (χ1n) is 9.41. The summed E-state index contributed by atoms with van der Waals surface area (Å²) in [5.41, 5.74) is 1.92. The van der Waals surface area contributed by atoms with Crippen LogP contribution in [0.4, 0.5) is 0 Å². The molecule has 28 heavy (non-hydrogen) atoms. The lowest BCUT2D eigenvalue weighted by Gasteiger charge is -2.29. The second-order valence-electron chi connectivity index (χ2n) is 7.26. The first-order valence-corrected chi connectivity index (χ1v) is 12.7. The number of fused-ring (bicyclic) bond motifs is 3. The summed E-state index contributed by atoms with van der Waals surface area (Å²) in [5.74, 6) is 0. The van der Waals surface area contributed by atoms with Gasteiger partial charge in [0.2, 0.25) is 0 Å². The molecule has 0 unspecified atom stereocenters. The van der Waals surface area contributed by atoms with Crippen molar-refractivity contribution in [2.75, 3.05) is 0 Å². The molecule has 0 spiro atoms. The molecule has 0 aliphatic rings. The highest BCUT2D eigenvalue weighted by atomic mass is 79.9. The van der Waals surface area contributed by atoms with Crippen molar-refractivity contribution in [3.8, 4) is 0 Å². The van der Waals surface area contributed by atoms with E-state index in [4.69, 9.17) is 4.42 Å². The van der Waals surface area contributed by atoms with Gasteiger partial charge in [0, 0.05) is 10.8 Å². The summed E-state index contributed by atoms with van der Waals surface area (Å²) in [6.07, 6.45) is 0. The van der Waals surface area contributed by atoms with Gasteiger partial charge in [-0.1, -0.05) is 97.5 Å². The lowest BCUT2D eigenvalue weighted by molar-refractivity contribution is 0.669. The minimum absolute atomic E-state index is 0.919. The Morgan fingerprint density at radius 2 is 1.14 bits per heavy atom. The highest BCUT2D eigenvalue weighted by Crippen LogP contribution is 2.33. The van der Waals surface area contributed by atoms with E-state index in [0.29, 0.717) is 0 Å². The minimum Gasteiger partial charge on any atom is -0.455 e. The highest BCUT2D eigenvalue weighted by molar-refractivity contribution is 9.10. The van der Waals surface area contributed by atoms with Crippen molar-refractivity contribution in [1.29, 1.82) is 0 Å². The lowest BCUT2D eigenvalue weighted by Crippen LogP contribution is -2.64. The Morgan fingerprint density at radius 3 is 1.75 bits per heavy atom. The molecule has 0 fully saturated rings. The third-order valence-electron chi connectivity index (χ3n) is 5.72. The molecule has 4 aromatic carbocycles. The summed E-state index contributed by atoms with van der Waals surface area (Å²) >= 11 is 3.66. The van der Waals surface area contributed by atoms with Gasteiger partial charge in [-0.2, -0.15) is 0 Å². The van der Waals surface area contributed by atoms with E-state index in [1.807, 2.05) is 6.07 Å². The van der Waals surface area contributed by atoms with Gasteiger partial charge in [-0.3, -0.25) is 0 Å². The quantitative estimate of drug-likeness (QED) is 0.267. The van der Waals surface area contributed by atoms with Gasteiger partial charge in [0.15, 0.2) is 0 Å². The number of furan rings is 1. The molecule has 1 heterocycles. The topological polar surface area (TPSA) is 13.1 Å². The van der Waals surface area contributed by atoms with Gasteiger partial charge in [-0.15, -0.1) is 0 Å². The molecular formula is C25H19BrOSi. The SMILES string of the molecule is C[Si](c1ccccc1)(c1ccccc1)c1cccc2c1oc1c(Br)cccc12. The Balaban J connectivity index is 1.90. The maximum absolute atomic E-state index is 6.49. The first-order chi connectivity index (χ1) is 13.7. The van der Waals surface area contributed by atoms with Crippen molar-refractivity contribution in [1.82, 2.24) is 0 Å². The molecule has 0 aliphatic carbocycles. The molecule has 0 bridgehead atoms. The van der Waals surface area contributed by atoms with Crippen molar-refractivity contribution >= 4 is 61.5 Å². The fourth-order valence-electron chi connectivity index (χ4n) is 4.20. The maximum Gasteiger partial charge on any atom is 0.150 e. The zero-order valence-corrected chi connectivity index (χ0v) is 18.1. The molecule has 5 rings (SSSR count). The zero-order valence-electron chi connectivity index (χ0n) is 15.5. The van der Waals surface area contributed by atoms with Crippen LogP contribution in [-0.4, -0.2) is 8.07 Å². The first kappa shape index (κ1) is 17.5. The van der Waals surface area contributed by atoms with E-state index < -0.39 is 8.07 Å². The summed E-state index contributed by atoms with van der Waals surface area (Å²) in [5, 5.41) is 6.41. The third kappa shape index (κ3) is 2.58. The number of hydrogen-bond acceptors (Lipinski definition) is 1. The van der Waals surface area contributed by atoms with Crippen LogP contribution in [0.2, 0.25) is 6.55 Å². The Labute approximate surface area is 173 Å². The number of benzene rings is 4. The van der Waals surface area contributed by atoms with Crippen LogP contribution in [0.5, 0.6) is 0 Å². The van der Waals surface area contributed by atoms with E-state index in [2.05, 4.69) is 113 Å². The van der Waals surface area contributed by atoms with Gasteiger partial charge in [-0.25, -0.2) is 0 Å². The summed E-state index contributed by atoms with van der Waals surface area (Å²) in [7, 11) is -2.23. The fourth-order valence-corrected chi connectivity index (χ4v) is 8.39. The van der Waals surface area contributed by atoms with Crippen LogP contribution in [0, 0.1) is 0 Å². The van der Waals surface area contributed by atoms with Crippen LogP contribution < -0.4 is 15.6 Å². The molecule has 1 nitrogen and oxygen atoms in total. The van der Waals surface area contributed by atoms with Crippen LogP contribution in [0.3, 0.4) is 0 Å². The predicted molar refractivity (Wildman–Crippen MR) is 125 cm³/mol. The number of rotatable bonds is 3. The van der Waals surface area contributed by atoms with Crippen LogP contribution in [0.25, 0.3) is 21.9 Å². The van der Waals surface area contributed by atoms with E-state index in [1.165, 1.54) is 20.9 Å². The molecular weight excluding hydrogens is 424 g/mol. The zero-order chi connectivity index (χ0) is 19.1. The molecule has 3 heteroatoms. The lowest BCUT2D eigenvalue weighted by atomic mass is 10.1. The van der Waals surface area contributed by atoms with E-state index >= 15 is 0 Å². The van der Waals surface area contributed by atoms with E-state index in [0.717, 1.165) is 21.0 Å². The standard InChI is InChI=1S/C25H19BrOSi/c1-28(18-10-4-2-5-11-18,19-12-6-3-7-13-19)23-17-9-15-21-20-14-8-16-22(26)24(20)27-25(21)23/h2-17H,1H3. The smallest absolute Gasteiger partial charge is 0.150 e. The number of halogens is 1. The molecule has 0 saturated heterocycles. The van der Waals surface area contributed by atoms with E-state index in [-0.39, 0.29) is 0 Å². The molecule has 0 radical (unpaired) electrons. The Bertz CT molecular complexity index is 1240. The van der Waals surface area contributed by atoms with Crippen molar-refractivity contribution in [3.05, 3.63) is 102 Å². The highest BCUT2D eigenvalue weighted by Gasteiger charge is 2.36. The maximum atomic E-state index is 6.49. The van der Waals surface area contributed by atoms with E-state index in [1.54, 1.807) is 0 Å². The van der Waals surface area contributed by atoms with Gasteiger partial charge < -0.3 is 4.42 Å². The third-order valence-corrected chi connectivity index (χ3v) is 10.8. The van der Waals surface area contributed by atoms with Crippen LogP contribution in [-0.2, 0) is 0 Å². The molecule has 0 atom stereocenters. The number of hydrogen-bond donors (Lipinski definition) is 0. The average Bonchev–Trinajstić information content (AvgIpc) is 3.15. The summed E-state index contributed by atoms with van der Waals surface area (Å²) < 4.78 is 7.49. The van der Waals surface area contributed by atoms with Crippen molar-refractivity contribution in [2.24, 2.45) is 0 Å². The average molecular weight is 443 g/mol. The van der Waals surface area contributed by atoms with Gasteiger partial charge in [0.1, 0.15) is 19.2 Å². The van der Waals surface area contributed by atoms with Crippen molar-refractivity contribution < 1.29 is 4.42 Å². The summed E-state index contributed by atoms with van der Waals surface area (Å²) in [6, 6.07) is 34.6. The molecule has 5 aromatic rings. The van der Waals surface area contributed by atoms with Crippen LogP contribution in [0.15, 0.2) is 106 Å². The Kier molecular flexibility index (Phi) is 4.22. The van der Waals surface area contributed by atoms with E-state index in [9.17, 15) is 0 Å². The van der Waals surface area contributed by atoms with Crippen LogP contribution in [0.1, 0.15) is 0 Å². The molecule has 0 saturated carbocycles. The van der Waals surface area contributed by atoms with Crippen LogP contribution >= 0.6 is 15.9 Å². The largest absolute Gasteiger partial charge is 0.455 e. The van der Waals surface area contributed by atoms with Gasteiger partial charge in [0.05, 0.1) is 4.47 Å². The minimum atomic E-state index is -2.23. The Morgan fingerprint density at radius 1 is 0.607 bits per heavy atom. The van der Waals surface area contributed by atoms with Gasteiger partial charge in [-0.05, 0) is 37.6 Å². The van der Waals surface area contributed by atoms with Gasteiger partial charge >= 0.3 is 0 Å². The molecule has 0 amide bonds. The summed E-state index contributed by atoms with van der Waals surface area (Å²) in [4.78, 5) is 0. The fraction of sp³-hybridized carbons (Fsp3) is 0.0400. The second kappa shape index (κ2) is 6.76. The second-order valence-corrected chi connectivity index (χ2v) is 12.1. The monoisotopic (exact) mass is 442 g/mol. The molecule has 1 aromatic heterocycles. The van der Waals surface area contributed by atoms with Crippen molar-refractivity contribution in [3.63, 3.8) is 0 Å². The molecule has 0 aliphatic heterocycles. The predicted octanol–water partition coefficient (Wildman–Crippen LogP) is 5.45. The normalized spacial score (nSPS) is 11.9.